The molecule has 0 unspecified atom stereocenters. The van der Waals surface area contributed by atoms with Crippen molar-refractivity contribution in [1.82, 2.24) is 4.90 Å². The quantitative estimate of drug-likeness (QED) is 0.713. The highest BCUT2D eigenvalue weighted by Crippen LogP contribution is 2.33. The van der Waals surface area contributed by atoms with Gasteiger partial charge in [-0.1, -0.05) is 37.0 Å². The normalized spacial score (nSPS) is 19.7. The van der Waals surface area contributed by atoms with Crippen molar-refractivity contribution in [2.75, 3.05) is 10.2 Å². The van der Waals surface area contributed by atoms with E-state index in [-0.39, 0.29) is 30.3 Å². The summed E-state index contributed by atoms with van der Waals surface area (Å²) in [6, 6.07) is 11.4. The zero-order chi connectivity index (χ0) is 22.0. The molecule has 1 heterocycles. The van der Waals surface area contributed by atoms with E-state index >= 15 is 0 Å². The fourth-order valence-electron chi connectivity index (χ4n) is 4.42. The first kappa shape index (κ1) is 21.0. The molecule has 2 aromatic rings. The first-order valence-corrected chi connectivity index (χ1v) is 10.7. The van der Waals surface area contributed by atoms with Gasteiger partial charge in [0.05, 0.1) is 12.1 Å². The van der Waals surface area contributed by atoms with Gasteiger partial charge in [-0.3, -0.25) is 9.59 Å². The van der Waals surface area contributed by atoms with Crippen LogP contribution in [0.5, 0.6) is 0 Å². The topological polar surface area (TPSA) is 69.7 Å². The van der Waals surface area contributed by atoms with Crippen molar-refractivity contribution in [2.45, 2.75) is 57.5 Å². The largest absolute Gasteiger partial charge is 0.332 e. The third-order valence-electron chi connectivity index (χ3n) is 6.02. The predicted molar refractivity (Wildman–Crippen MR) is 116 cm³/mol. The van der Waals surface area contributed by atoms with Crippen LogP contribution in [0.3, 0.4) is 0 Å². The van der Waals surface area contributed by atoms with E-state index in [0.717, 1.165) is 37.7 Å². The molecule has 1 aliphatic carbocycles. The number of hydrogen-bond acceptors (Lipinski definition) is 3. The number of nitrogens with zero attached hydrogens (tertiary/aromatic N) is 2. The van der Waals surface area contributed by atoms with E-state index < -0.39 is 11.9 Å². The molecular formula is C24H26FN3O3. The summed E-state index contributed by atoms with van der Waals surface area (Å²) < 4.78 is 13.1. The Labute approximate surface area is 181 Å². The van der Waals surface area contributed by atoms with Gasteiger partial charge in [0.2, 0.25) is 5.91 Å². The number of imide groups is 1. The van der Waals surface area contributed by atoms with Gasteiger partial charge in [0, 0.05) is 11.7 Å². The fraction of sp³-hybridized carbons (Fsp3) is 0.375. The number of nitrogens with one attached hydrogen (secondary N) is 1. The van der Waals surface area contributed by atoms with Crippen LogP contribution in [0, 0.1) is 12.7 Å². The SMILES string of the molecule is Cc1ccc(N2C(=O)[C@@H](CC(=O)Nc3ccc(F)cc3)N(C3CCCCC3)C2=O)cc1. The number of urea groups is 1. The second kappa shape index (κ2) is 8.88. The van der Waals surface area contributed by atoms with Gasteiger partial charge in [-0.2, -0.15) is 0 Å². The highest BCUT2D eigenvalue weighted by Gasteiger charge is 2.49. The number of hydrogen-bond donors (Lipinski definition) is 1. The Bertz CT molecular complexity index is 969. The lowest BCUT2D eigenvalue weighted by Crippen LogP contribution is -2.45. The molecule has 0 radical (unpaired) electrons. The lowest BCUT2D eigenvalue weighted by molar-refractivity contribution is -0.125. The molecule has 6 nitrogen and oxygen atoms in total. The lowest BCUT2D eigenvalue weighted by Gasteiger charge is -2.33. The van der Waals surface area contributed by atoms with E-state index in [2.05, 4.69) is 5.32 Å². The molecule has 0 aromatic heterocycles. The summed E-state index contributed by atoms with van der Waals surface area (Å²) in [4.78, 5) is 42.2. The minimum absolute atomic E-state index is 0.0516. The number of aryl methyl sites for hydroxylation is 1. The highest BCUT2D eigenvalue weighted by atomic mass is 19.1. The molecule has 4 amide bonds. The zero-order valence-electron chi connectivity index (χ0n) is 17.5. The number of carbonyl (C=O) groups is 3. The number of anilines is 2. The summed E-state index contributed by atoms with van der Waals surface area (Å²) in [7, 11) is 0. The van der Waals surface area contributed by atoms with Crippen LogP contribution >= 0.6 is 0 Å². The molecule has 1 saturated heterocycles. The minimum Gasteiger partial charge on any atom is -0.326 e. The molecule has 1 saturated carbocycles. The summed E-state index contributed by atoms with van der Waals surface area (Å²) in [5.74, 6) is -1.16. The molecule has 2 aliphatic rings. The van der Waals surface area contributed by atoms with Crippen molar-refractivity contribution in [1.29, 1.82) is 0 Å². The Balaban J connectivity index is 1.58. The number of benzene rings is 2. The summed E-state index contributed by atoms with van der Waals surface area (Å²) >= 11 is 0. The molecule has 0 spiro atoms. The van der Waals surface area contributed by atoms with E-state index in [4.69, 9.17) is 0 Å². The molecule has 0 bridgehead atoms. The molecule has 162 valence electrons. The molecule has 2 aromatic carbocycles. The van der Waals surface area contributed by atoms with Gasteiger partial charge in [-0.25, -0.2) is 14.1 Å². The summed E-state index contributed by atoms with van der Waals surface area (Å²) in [6.07, 6.45) is 4.64. The summed E-state index contributed by atoms with van der Waals surface area (Å²) in [6.45, 7) is 1.94. The lowest BCUT2D eigenvalue weighted by atomic mass is 9.93. The maximum atomic E-state index is 13.3. The van der Waals surface area contributed by atoms with E-state index in [0.29, 0.717) is 11.4 Å². The van der Waals surface area contributed by atoms with Gasteiger partial charge in [-0.05, 0) is 56.2 Å². The second-order valence-corrected chi connectivity index (χ2v) is 8.27. The zero-order valence-corrected chi connectivity index (χ0v) is 17.5. The van der Waals surface area contributed by atoms with Crippen LogP contribution in [-0.4, -0.2) is 34.8 Å². The van der Waals surface area contributed by atoms with Gasteiger partial charge < -0.3 is 10.2 Å². The van der Waals surface area contributed by atoms with E-state index in [9.17, 15) is 18.8 Å². The standard InChI is InChI=1S/C24H26FN3O3/c1-16-7-13-20(14-8-16)28-23(30)21(27(24(28)31)19-5-3-2-4-6-19)15-22(29)26-18-11-9-17(25)10-12-18/h7-14,19,21H,2-6,15H2,1H3,(H,26,29)/t21-/m1/s1. The number of carbonyl (C=O) groups excluding carboxylic acids is 3. The van der Waals surface area contributed by atoms with Crippen LogP contribution in [0.4, 0.5) is 20.6 Å². The first-order chi connectivity index (χ1) is 14.9. The average molecular weight is 423 g/mol. The van der Waals surface area contributed by atoms with Gasteiger partial charge >= 0.3 is 6.03 Å². The maximum Gasteiger partial charge on any atom is 0.332 e. The number of amides is 4. The number of halogens is 1. The Morgan fingerprint density at radius 3 is 2.29 bits per heavy atom. The van der Waals surface area contributed by atoms with Crippen LogP contribution in [0.25, 0.3) is 0 Å². The van der Waals surface area contributed by atoms with Crippen molar-refractivity contribution in [3.8, 4) is 0 Å². The van der Waals surface area contributed by atoms with Crippen molar-refractivity contribution < 1.29 is 18.8 Å². The smallest absolute Gasteiger partial charge is 0.326 e. The molecule has 1 N–H and O–H groups in total. The van der Waals surface area contributed by atoms with Gasteiger partial charge in [-0.15, -0.1) is 0 Å². The molecule has 4 rings (SSSR count). The highest BCUT2D eigenvalue weighted by molar-refractivity contribution is 6.22. The molecule has 1 atom stereocenters. The predicted octanol–water partition coefficient (Wildman–Crippen LogP) is 4.63. The Morgan fingerprint density at radius 1 is 1.00 bits per heavy atom. The molecular weight excluding hydrogens is 397 g/mol. The van der Waals surface area contributed by atoms with E-state index in [1.807, 2.05) is 19.1 Å². The Hall–Kier alpha value is -3.22. The van der Waals surface area contributed by atoms with Gasteiger partial charge in [0.25, 0.3) is 5.91 Å². The second-order valence-electron chi connectivity index (χ2n) is 8.27. The molecule has 7 heteroatoms. The summed E-state index contributed by atoms with van der Waals surface area (Å²) in [5.41, 5.74) is 1.99. The van der Waals surface area contributed by atoms with Crippen molar-refractivity contribution >= 4 is 29.2 Å². The monoisotopic (exact) mass is 423 g/mol. The van der Waals surface area contributed by atoms with Gasteiger partial charge in [0.1, 0.15) is 11.9 Å². The summed E-state index contributed by atoms with van der Waals surface area (Å²) in [5, 5.41) is 2.70. The fourth-order valence-corrected chi connectivity index (χ4v) is 4.42. The van der Waals surface area contributed by atoms with Crippen molar-refractivity contribution in [3.05, 3.63) is 59.9 Å². The van der Waals surface area contributed by atoms with Crippen LogP contribution in [-0.2, 0) is 9.59 Å². The van der Waals surface area contributed by atoms with Crippen molar-refractivity contribution in [3.63, 3.8) is 0 Å². The Morgan fingerprint density at radius 2 is 1.65 bits per heavy atom. The maximum absolute atomic E-state index is 13.3. The third kappa shape index (κ3) is 4.45. The van der Waals surface area contributed by atoms with Crippen LogP contribution in [0.1, 0.15) is 44.1 Å². The molecule has 1 aliphatic heterocycles. The Kier molecular flexibility index (Phi) is 6.02. The van der Waals surface area contributed by atoms with E-state index in [1.165, 1.54) is 29.2 Å². The third-order valence-corrected chi connectivity index (χ3v) is 6.02. The van der Waals surface area contributed by atoms with Crippen LogP contribution in [0.15, 0.2) is 48.5 Å². The minimum atomic E-state index is -0.850. The van der Waals surface area contributed by atoms with Gasteiger partial charge in [0.15, 0.2) is 0 Å². The number of rotatable bonds is 5. The molecule has 2 fully saturated rings. The van der Waals surface area contributed by atoms with E-state index in [1.54, 1.807) is 17.0 Å². The average Bonchev–Trinajstić information content (AvgIpc) is 3.00. The van der Waals surface area contributed by atoms with Crippen molar-refractivity contribution in [2.24, 2.45) is 0 Å². The molecule has 31 heavy (non-hydrogen) atoms. The van der Waals surface area contributed by atoms with Crippen LogP contribution in [0.2, 0.25) is 0 Å². The van der Waals surface area contributed by atoms with Crippen LogP contribution < -0.4 is 10.2 Å². The first-order valence-electron chi connectivity index (χ1n) is 10.7.